The molecule has 0 saturated carbocycles. The number of benzene rings is 1. The van der Waals surface area contributed by atoms with Crippen molar-refractivity contribution >= 4 is 21.8 Å². The Kier molecular flexibility index (Phi) is 2.78. The number of nitrogens with one attached hydrogen (secondary N) is 1. The highest BCUT2D eigenvalue weighted by atomic mass is 79.9. The van der Waals surface area contributed by atoms with Gasteiger partial charge in [-0.1, -0.05) is 0 Å². The number of hydrogen-bond acceptors (Lipinski definition) is 2. The Balaban J connectivity index is 3.05. The molecule has 0 spiro atoms. The van der Waals surface area contributed by atoms with Crippen LogP contribution in [-0.2, 0) is 0 Å². The largest absolute Gasteiger partial charge is 0.290 e. The highest BCUT2D eigenvalue weighted by Gasteiger charge is 2.06. The zero-order valence-corrected chi connectivity index (χ0v) is 7.56. The average Bonchev–Trinajstić information content (AvgIpc) is 2.08. The van der Waals surface area contributed by atoms with Crippen LogP contribution in [0.3, 0.4) is 0 Å². The van der Waals surface area contributed by atoms with Crippen molar-refractivity contribution < 1.29 is 9.18 Å². The van der Waals surface area contributed by atoms with Crippen LogP contribution in [0.5, 0.6) is 0 Å². The van der Waals surface area contributed by atoms with E-state index in [2.05, 4.69) is 15.9 Å². The molecule has 64 valence electrons. The molecule has 0 unspecified atom stereocenters. The molecule has 0 atom stereocenters. The minimum atomic E-state index is -0.513. The lowest BCUT2D eigenvalue weighted by atomic mass is 10.2. The van der Waals surface area contributed by atoms with Crippen molar-refractivity contribution in [3.63, 3.8) is 0 Å². The van der Waals surface area contributed by atoms with E-state index in [0.29, 0.717) is 4.47 Å². The highest BCUT2D eigenvalue weighted by molar-refractivity contribution is 9.10. The van der Waals surface area contributed by atoms with Crippen LogP contribution in [0, 0.1) is 5.82 Å². The van der Waals surface area contributed by atoms with E-state index in [4.69, 9.17) is 5.84 Å². The van der Waals surface area contributed by atoms with E-state index in [9.17, 15) is 9.18 Å². The normalized spacial score (nSPS) is 9.58. The number of hydrogen-bond donors (Lipinski definition) is 2. The first kappa shape index (κ1) is 9.15. The second-order valence-electron chi connectivity index (χ2n) is 2.10. The summed E-state index contributed by atoms with van der Waals surface area (Å²) in [5.74, 6) is 3.86. The molecule has 3 nitrogen and oxygen atoms in total. The SMILES string of the molecule is NNC(=O)c1ccc(Br)c(F)c1. The summed E-state index contributed by atoms with van der Waals surface area (Å²) in [5.41, 5.74) is 2.10. The summed E-state index contributed by atoms with van der Waals surface area (Å²) in [5, 5.41) is 0. The monoisotopic (exact) mass is 232 g/mol. The molecule has 0 aliphatic carbocycles. The zero-order chi connectivity index (χ0) is 9.14. The number of nitrogen functional groups attached to an aromatic ring is 1. The molecule has 0 fully saturated rings. The topological polar surface area (TPSA) is 55.1 Å². The molecule has 12 heavy (non-hydrogen) atoms. The van der Waals surface area contributed by atoms with Gasteiger partial charge >= 0.3 is 0 Å². The summed E-state index contributed by atoms with van der Waals surface area (Å²) in [7, 11) is 0. The van der Waals surface area contributed by atoms with Crippen molar-refractivity contribution in [1.82, 2.24) is 5.43 Å². The smallest absolute Gasteiger partial charge is 0.265 e. The van der Waals surface area contributed by atoms with E-state index >= 15 is 0 Å². The van der Waals surface area contributed by atoms with Crippen LogP contribution in [-0.4, -0.2) is 5.91 Å². The average molecular weight is 233 g/mol. The van der Waals surface area contributed by atoms with E-state index in [0.717, 1.165) is 6.07 Å². The van der Waals surface area contributed by atoms with Gasteiger partial charge in [0.15, 0.2) is 0 Å². The first-order chi connectivity index (χ1) is 5.65. The van der Waals surface area contributed by atoms with Gasteiger partial charge in [0.2, 0.25) is 0 Å². The molecule has 1 amide bonds. The van der Waals surface area contributed by atoms with Crippen LogP contribution >= 0.6 is 15.9 Å². The van der Waals surface area contributed by atoms with Crippen LogP contribution in [0.1, 0.15) is 10.4 Å². The lowest BCUT2D eigenvalue weighted by Gasteiger charge is -1.99. The van der Waals surface area contributed by atoms with Crippen molar-refractivity contribution in [1.29, 1.82) is 0 Å². The maximum atomic E-state index is 12.8. The third-order valence-corrected chi connectivity index (χ3v) is 1.96. The number of carbonyl (C=O) groups excluding carboxylic acids is 1. The van der Waals surface area contributed by atoms with E-state index in [1.807, 2.05) is 5.43 Å². The van der Waals surface area contributed by atoms with Crippen LogP contribution in [0.4, 0.5) is 4.39 Å². The molecule has 1 aromatic rings. The molecule has 3 N–H and O–H groups in total. The number of halogens is 2. The molecular formula is C7H6BrFN2O. The maximum absolute atomic E-state index is 12.8. The van der Waals surface area contributed by atoms with Crippen LogP contribution < -0.4 is 11.3 Å². The van der Waals surface area contributed by atoms with E-state index in [1.54, 1.807) is 0 Å². The zero-order valence-electron chi connectivity index (χ0n) is 5.97. The van der Waals surface area contributed by atoms with Crippen LogP contribution in [0.2, 0.25) is 0 Å². The Morgan fingerprint density at radius 2 is 2.25 bits per heavy atom. The van der Waals surface area contributed by atoms with Gasteiger partial charge in [0.05, 0.1) is 4.47 Å². The molecule has 0 bridgehead atoms. The van der Waals surface area contributed by atoms with Crippen molar-refractivity contribution in [2.45, 2.75) is 0 Å². The fourth-order valence-electron chi connectivity index (χ4n) is 0.721. The molecule has 5 heteroatoms. The predicted octanol–water partition coefficient (Wildman–Crippen LogP) is 1.19. The molecule has 0 aliphatic heterocycles. The fraction of sp³-hybridized carbons (Fsp3) is 0. The predicted molar refractivity (Wildman–Crippen MR) is 45.8 cm³/mol. The van der Waals surface area contributed by atoms with Gasteiger partial charge in [0, 0.05) is 5.56 Å². The van der Waals surface area contributed by atoms with Gasteiger partial charge in [0.1, 0.15) is 5.82 Å². The second-order valence-corrected chi connectivity index (χ2v) is 2.96. The number of amides is 1. The van der Waals surface area contributed by atoms with Gasteiger partial charge < -0.3 is 0 Å². The van der Waals surface area contributed by atoms with Gasteiger partial charge in [-0.05, 0) is 34.1 Å². The Labute approximate surface area is 76.9 Å². The Morgan fingerprint density at radius 3 is 2.75 bits per heavy atom. The maximum Gasteiger partial charge on any atom is 0.265 e. The van der Waals surface area contributed by atoms with Crippen LogP contribution in [0.25, 0.3) is 0 Å². The number of rotatable bonds is 1. The molecule has 0 saturated heterocycles. The molecule has 1 rings (SSSR count). The van der Waals surface area contributed by atoms with Crippen molar-refractivity contribution in [3.05, 3.63) is 34.1 Å². The molecule has 0 aliphatic rings. The minimum Gasteiger partial charge on any atom is -0.290 e. The van der Waals surface area contributed by atoms with E-state index < -0.39 is 11.7 Å². The number of hydrazine groups is 1. The van der Waals surface area contributed by atoms with Crippen molar-refractivity contribution in [3.8, 4) is 0 Å². The third-order valence-electron chi connectivity index (χ3n) is 1.31. The van der Waals surface area contributed by atoms with Crippen molar-refractivity contribution in [2.24, 2.45) is 5.84 Å². The summed E-state index contributed by atoms with van der Waals surface area (Å²) in [6.45, 7) is 0. The Morgan fingerprint density at radius 1 is 1.58 bits per heavy atom. The molecule has 1 aromatic carbocycles. The Hall–Kier alpha value is -0.940. The van der Waals surface area contributed by atoms with Gasteiger partial charge in [-0.3, -0.25) is 10.2 Å². The lowest BCUT2D eigenvalue weighted by Crippen LogP contribution is -2.29. The molecular weight excluding hydrogens is 227 g/mol. The summed E-state index contributed by atoms with van der Waals surface area (Å²) in [4.78, 5) is 10.9. The third kappa shape index (κ3) is 1.80. The summed E-state index contributed by atoms with van der Waals surface area (Å²) < 4.78 is 13.1. The summed E-state index contributed by atoms with van der Waals surface area (Å²) in [6.07, 6.45) is 0. The Bertz CT molecular complexity index is 316. The molecule has 0 radical (unpaired) electrons. The van der Waals surface area contributed by atoms with Crippen molar-refractivity contribution in [2.75, 3.05) is 0 Å². The minimum absolute atomic E-state index is 0.193. The molecule has 0 heterocycles. The van der Waals surface area contributed by atoms with Gasteiger partial charge in [-0.25, -0.2) is 10.2 Å². The summed E-state index contributed by atoms with van der Waals surface area (Å²) in [6, 6.07) is 4.02. The number of carbonyl (C=O) groups is 1. The fourth-order valence-corrected chi connectivity index (χ4v) is 0.967. The first-order valence-corrected chi connectivity index (χ1v) is 3.90. The van der Waals surface area contributed by atoms with E-state index in [-0.39, 0.29) is 5.56 Å². The van der Waals surface area contributed by atoms with E-state index in [1.165, 1.54) is 12.1 Å². The summed E-state index contributed by atoms with van der Waals surface area (Å²) >= 11 is 2.96. The van der Waals surface area contributed by atoms with Gasteiger partial charge in [-0.2, -0.15) is 0 Å². The molecule has 0 aromatic heterocycles. The van der Waals surface area contributed by atoms with Gasteiger partial charge in [-0.15, -0.1) is 0 Å². The second kappa shape index (κ2) is 3.64. The quantitative estimate of drug-likeness (QED) is 0.435. The number of nitrogens with two attached hydrogens (primary N) is 1. The lowest BCUT2D eigenvalue weighted by molar-refractivity contribution is 0.0953. The van der Waals surface area contributed by atoms with Gasteiger partial charge in [0.25, 0.3) is 5.91 Å². The standard InChI is InChI=1S/C7H6BrFN2O/c8-5-2-1-4(3-6(5)9)7(12)11-10/h1-3H,10H2,(H,11,12). The van der Waals surface area contributed by atoms with Crippen LogP contribution in [0.15, 0.2) is 22.7 Å². The first-order valence-electron chi connectivity index (χ1n) is 3.11. The highest BCUT2D eigenvalue weighted by Crippen LogP contribution is 2.15.